The summed E-state index contributed by atoms with van der Waals surface area (Å²) in [4.78, 5) is 25.5. The SMILES string of the molecule is COC(=O)c1c(C)c2c3c(Cl)ccc2n1CCCOc1cc(cc2cc(Br)ccc12)CCc1cc(nn1C)COC(CC=O)c1nn(C)c(C)c1-3. The lowest BCUT2D eigenvalue weighted by Crippen LogP contribution is -2.13. The van der Waals surface area contributed by atoms with E-state index in [9.17, 15) is 9.59 Å². The van der Waals surface area contributed by atoms with E-state index in [1.165, 1.54) is 7.11 Å². The zero-order valence-electron chi connectivity index (χ0n) is 29.3. The molecule has 51 heavy (non-hydrogen) atoms. The lowest BCUT2D eigenvalue weighted by atomic mass is 9.94. The van der Waals surface area contributed by atoms with E-state index in [1.54, 1.807) is 4.68 Å². The van der Waals surface area contributed by atoms with Crippen molar-refractivity contribution in [2.75, 3.05) is 13.7 Å². The van der Waals surface area contributed by atoms with Gasteiger partial charge in [0.05, 0.1) is 31.7 Å². The minimum Gasteiger partial charge on any atom is -0.493 e. The van der Waals surface area contributed by atoms with Gasteiger partial charge in [-0.25, -0.2) is 4.79 Å². The number of carbonyl (C=O) groups excluding carboxylic acids is 2. The molecule has 1 unspecified atom stereocenters. The molecule has 6 aromatic rings. The Morgan fingerprint density at radius 2 is 1.88 bits per heavy atom. The summed E-state index contributed by atoms with van der Waals surface area (Å²) in [5, 5.41) is 13.1. The number of nitrogens with zero attached hydrogens (tertiary/aromatic N) is 5. The van der Waals surface area contributed by atoms with Gasteiger partial charge in [0, 0.05) is 75.4 Å². The molecule has 0 fully saturated rings. The molecule has 0 radical (unpaired) electrons. The summed E-state index contributed by atoms with van der Waals surface area (Å²) in [5.74, 6) is 0.377. The number of aromatic nitrogens is 5. The van der Waals surface area contributed by atoms with Gasteiger partial charge in [-0.15, -0.1) is 0 Å². The Morgan fingerprint density at radius 1 is 1.06 bits per heavy atom. The molecule has 0 saturated carbocycles. The first-order valence-corrected chi connectivity index (χ1v) is 18.1. The first kappa shape index (κ1) is 35.0. The van der Waals surface area contributed by atoms with Gasteiger partial charge in [-0.3, -0.25) is 9.36 Å². The number of hydrogen-bond acceptors (Lipinski definition) is 7. The third kappa shape index (κ3) is 6.47. The zero-order valence-corrected chi connectivity index (χ0v) is 31.6. The van der Waals surface area contributed by atoms with Crippen LogP contribution >= 0.6 is 27.5 Å². The van der Waals surface area contributed by atoms with Gasteiger partial charge >= 0.3 is 5.97 Å². The fourth-order valence-electron chi connectivity index (χ4n) is 7.33. The molecular formula is C39H39BrClN5O5. The topological polar surface area (TPSA) is 102 Å². The minimum absolute atomic E-state index is 0.0879. The minimum atomic E-state index is -0.668. The summed E-state index contributed by atoms with van der Waals surface area (Å²) in [6.07, 6.45) is 2.43. The van der Waals surface area contributed by atoms with E-state index in [-0.39, 0.29) is 13.0 Å². The zero-order chi connectivity index (χ0) is 36.0. The lowest BCUT2D eigenvalue weighted by Gasteiger charge is -2.17. The number of aldehydes is 1. The van der Waals surface area contributed by atoms with Crippen molar-refractivity contribution in [1.29, 1.82) is 0 Å². The molecule has 3 aromatic carbocycles. The Bertz CT molecular complexity index is 2320. The van der Waals surface area contributed by atoms with Crippen LogP contribution in [0.1, 0.15) is 63.3 Å². The van der Waals surface area contributed by atoms with Crippen molar-refractivity contribution in [3.8, 4) is 16.9 Å². The third-order valence-electron chi connectivity index (χ3n) is 9.88. The second-order valence-electron chi connectivity index (χ2n) is 13.0. The summed E-state index contributed by atoms with van der Waals surface area (Å²) in [7, 11) is 5.19. The molecule has 0 saturated heterocycles. The van der Waals surface area contributed by atoms with Crippen molar-refractivity contribution in [3.63, 3.8) is 0 Å². The van der Waals surface area contributed by atoms with E-state index in [0.29, 0.717) is 36.0 Å². The number of carbonyl (C=O) groups is 2. The molecular weight excluding hydrogens is 734 g/mol. The standard InChI is InChI=1S/C39H39BrClN5O5/c1-22-34-31-12-11-30(41)36(34)35-23(2)44(3)43-37(35)32(13-15-47)51-21-27-20-28(45(4)42-27)9-7-24-17-25-19-26(40)8-10-29(25)33(18-24)50-16-6-14-46(31)38(22)39(48)49-5/h8,10-12,15,17-20,32H,6-7,9,13-14,16,21H2,1-5H3. The number of fused-ring (bicyclic) bond motifs is 8. The van der Waals surface area contributed by atoms with Crippen molar-refractivity contribution >= 4 is 61.5 Å². The largest absolute Gasteiger partial charge is 0.493 e. The fourth-order valence-corrected chi connectivity index (χ4v) is 7.96. The Balaban J connectivity index is 1.41. The van der Waals surface area contributed by atoms with Crippen LogP contribution in [-0.4, -0.2) is 50.1 Å². The van der Waals surface area contributed by atoms with Crippen LogP contribution in [0.4, 0.5) is 0 Å². The average Bonchev–Trinajstić information content (AvgIpc) is 3.72. The van der Waals surface area contributed by atoms with Crippen LogP contribution in [-0.2, 0) is 54.4 Å². The molecule has 8 bridgehead atoms. The number of aryl methyl sites for hydroxylation is 6. The maximum absolute atomic E-state index is 13.4. The molecule has 3 aromatic heterocycles. The van der Waals surface area contributed by atoms with Gasteiger partial charge in [-0.05, 0) is 92.1 Å². The van der Waals surface area contributed by atoms with E-state index in [0.717, 1.165) is 90.4 Å². The van der Waals surface area contributed by atoms with Gasteiger partial charge in [-0.2, -0.15) is 10.2 Å². The van der Waals surface area contributed by atoms with Crippen molar-refractivity contribution in [1.82, 2.24) is 24.1 Å². The quantitative estimate of drug-likeness (QED) is 0.132. The normalized spacial score (nSPS) is 15.4. The van der Waals surface area contributed by atoms with E-state index in [1.807, 2.05) is 55.4 Å². The number of methoxy groups -OCH3 is 1. The third-order valence-corrected chi connectivity index (χ3v) is 10.7. The number of benzene rings is 3. The predicted molar refractivity (Wildman–Crippen MR) is 201 cm³/mol. The Morgan fingerprint density at radius 3 is 2.67 bits per heavy atom. The summed E-state index contributed by atoms with van der Waals surface area (Å²) in [6.45, 7) is 4.99. The molecule has 0 spiro atoms. The van der Waals surface area contributed by atoms with Crippen LogP contribution in [0.2, 0.25) is 5.02 Å². The van der Waals surface area contributed by atoms with Crippen LogP contribution < -0.4 is 4.74 Å². The first-order chi connectivity index (χ1) is 24.6. The predicted octanol–water partition coefficient (Wildman–Crippen LogP) is 8.16. The summed E-state index contributed by atoms with van der Waals surface area (Å²) in [6, 6.07) is 16.4. The van der Waals surface area contributed by atoms with E-state index < -0.39 is 12.1 Å². The number of hydrogen-bond donors (Lipinski definition) is 0. The molecule has 0 amide bonds. The summed E-state index contributed by atoms with van der Waals surface area (Å²) < 4.78 is 25.0. The van der Waals surface area contributed by atoms with Crippen LogP contribution in [0, 0.1) is 13.8 Å². The summed E-state index contributed by atoms with van der Waals surface area (Å²) in [5.41, 5.74) is 7.93. The molecule has 264 valence electrons. The first-order valence-electron chi connectivity index (χ1n) is 16.9. The number of esters is 1. The van der Waals surface area contributed by atoms with Gasteiger partial charge in [-0.1, -0.05) is 33.6 Å². The maximum Gasteiger partial charge on any atom is 0.354 e. The van der Waals surface area contributed by atoms with Gasteiger partial charge in [0.2, 0.25) is 0 Å². The van der Waals surface area contributed by atoms with Crippen LogP contribution in [0.15, 0.2) is 53.0 Å². The van der Waals surface area contributed by atoms with Gasteiger partial charge in [0.15, 0.2) is 0 Å². The van der Waals surface area contributed by atoms with Crippen molar-refractivity contribution in [3.05, 3.63) is 97.6 Å². The Hall–Kier alpha value is -4.45. The number of halogens is 2. The van der Waals surface area contributed by atoms with Crippen LogP contribution in [0.3, 0.4) is 0 Å². The molecule has 1 aliphatic rings. The number of rotatable bonds is 3. The van der Waals surface area contributed by atoms with E-state index >= 15 is 0 Å². The van der Waals surface area contributed by atoms with Crippen molar-refractivity contribution in [2.24, 2.45) is 14.1 Å². The van der Waals surface area contributed by atoms with Crippen molar-refractivity contribution in [2.45, 2.75) is 58.8 Å². The fraction of sp³-hybridized carbons (Fsp3) is 0.333. The molecule has 1 aliphatic heterocycles. The highest BCUT2D eigenvalue weighted by Gasteiger charge is 2.30. The van der Waals surface area contributed by atoms with Gasteiger partial charge in [0.25, 0.3) is 0 Å². The summed E-state index contributed by atoms with van der Waals surface area (Å²) >= 11 is 10.7. The molecule has 4 heterocycles. The second-order valence-corrected chi connectivity index (χ2v) is 14.3. The highest BCUT2D eigenvalue weighted by atomic mass is 79.9. The maximum atomic E-state index is 13.4. The van der Waals surface area contributed by atoms with E-state index in [4.69, 9.17) is 36.0 Å². The molecule has 0 aliphatic carbocycles. The molecule has 0 N–H and O–H groups in total. The molecule has 12 heteroatoms. The van der Waals surface area contributed by atoms with E-state index in [2.05, 4.69) is 46.3 Å². The van der Waals surface area contributed by atoms with Crippen molar-refractivity contribution < 1.29 is 23.8 Å². The second kappa shape index (κ2) is 14.3. The monoisotopic (exact) mass is 771 g/mol. The highest BCUT2D eigenvalue weighted by molar-refractivity contribution is 9.10. The van der Waals surface area contributed by atoms with Gasteiger partial charge < -0.3 is 23.6 Å². The number of ether oxygens (including phenoxy) is 3. The molecule has 7 rings (SSSR count). The smallest absolute Gasteiger partial charge is 0.354 e. The van der Waals surface area contributed by atoms with Gasteiger partial charge in [0.1, 0.15) is 23.8 Å². The lowest BCUT2D eigenvalue weighted by molar-refractivity contribution is -0.111. The Labute approximate surface area is 309 Å². The van der Waals surface area contributed by atoms with Crippen LogP contribution in [0.25, 0.3) is 32.8 Å². The molecule has 10 nitrogen and oxygen atoms in total. The van der Waals surface area contributed by atoms with Crippen LogP contribution in [0.5, 0.6) is 5.75 Å². The average molecular weight is 773 g/mol. The highest BCUT2D eigenvalue weighted by Crippen LogP contribution is 2.44. The molecule has 1 atom stereocenters. The Kier molecular flexibility index (Phi) is 9.80.